The number of hydrogen-bond acceptors (Lipinski definition) is 1. The van der Waals surface area contributed by atoms with Crippen LogP contribution in [-0.4, -0.2) is 5.11 Å². The van der Waals surface area contributed by atoms with Crippen molar-refractivity contribution in [1.29, 1.82) is 0 Å². The standard InChI is InChI=1S/C16H16F2O/c1-10-7-8-11(2)13(9-10)16(3,19)12-5-4-6-14(17)15(12)18/h4-9,19H,1-3H3. The second-order valence-electron chi connectivity index (χ2n) is 4.99. The van der Waals surface area contributed by atoms with Crippen LogP contribution in [0.4, 0.5) is 8.78 Å². The Hall–Kier alpha value is -1.74. The van der Waals surface area contributed by atoms with Crippen LogP contribution in [0.3, 0.4) is 0 Å². The van der Waals surface area contributed by atoms with Gasteiger partial charge in [0.25, 0.3) is 0 Å². The van der Waals surface area contributed by atoms with Crippen molar-refractivity contribution in [3.8, 4) is 0 Å². The van der Waals surface area contributed by atoms with E-state index in [1.54, 1.807) is 6.07 Å². The van der Waals surface area contributed by atoms with Gasteiger partial charge in [-0.05, 0) is 38.0 Å². The van der Waals surface area contributed by atoms with Gasteiger partial charge >= 0.3 is 0 Å². The lowest BCUT2D eigenvalue weighted by atomic mass is 9.84. The summed E-state index contributed by atoms with van der Waals surface area (Å²) in [7, 11) is 0. The molecule has 100 valence electrons. The Bertz CT molecular complexity index is 614. The first kappa shape index (κ1) is 13.7. The van der Waals surface area contributed by atoms with Gasteiger partial charge in [-0.3, -0.25) is 0 Å². The molecule has 0 aliphatic heterocycles. The Kier molecular flexibility index (Phi) is 3.42. The van der Waals surface area contributed by atoms with Crippen molar-refractivity contribution in [3.05, 3.63) is 70.3 Å². The van der Waals surface area contributed by atoms with E-state index in [2.05, 4.69) is 0 Å². The van der Waals surface area contributed by atoms with E-state index in [4.69, 9.17) is 0 Å². The highest BCUT2D eigenvalue weighted by molar-refractivity contribution is 5.42. The molecule has 0 radical (unpaired) electrons. The molecule has 0 amide bonds. The maximum atomic E-state index is 13.9. The molecule has 1 nitrogen and oxygen atoms in total. The molecule has 1 atom stereocenters. The molecular weight excluding hydrogens is 246 g/mol. The molecule has 0 fully saturated rings. The fourth-order valence-corrected chi connectivity index (χ4v) is 2.29. The fourth-order valence-electron chi connectivity index (χ4n) is 2.29. The van der Waals surface area contributed by atoms with Crippen LogP contribution in [0.2, 0.25) is 0 Å². The monoisotopic (exact) mass is 262 g/mol. The van der Waals surface area contributed by atoms with E-state index >= 15 is 0 Å². The molecular formula is C16H16F2O. The highest BCUT2D eigenvalue weighted by Crippen LogP contribution is 2.34. The quantitative estimate of drug-likeness (QED) is 0.872. The molecule has 0 aromatic heterocycles. The van der Waals surface area contributed by atoms with Crippen LogP contribution in [0.15, 0.2) is 36.4 Å². The number of aliphatic hydroxyl groups is 1. The van der Waals surface area contributed by atoms with Gasteiger partial charge < -0.3 is 5.11 Å². The molecule has 2 aromatic rings. The van der Waals surface area contributed by atoms with Gasteiger partial charge in [-0.2, -0.15) is 0 Å². The fraction of sp³-hybridized carbons (Fsp3) is 0.250. The molecule has 1 N–H and O–H groups in total. The predicted molar refractivity (Wildman–Crippen MR) is 70.9 cm³/mol. The molecule has 0 saturated carbocycles. The largest absolute Gasteiger partial charge is 0.381 e. The summed E-state index contributed by atoms with van der Waals surface area (Å²) in [6, 6.07) is 9.40. The molecule has 0 heterocycles. The molecule has 2 rings (SSSR count). The summed E-state index contributed by atoms with van der Waals surface area (Å²) in [5.41, 5.74) is 0.748. The minimum atomic E-state index is -1.57. The molecule has 0 spiro atoms. The first-order valence-corrected chi connectivity index (χ1v) is 6.08. The van der Waals surface area contributed by atoms with Gasteiger partial charge in [0.05, 0.1) is 0 Å². The van der Waals surface area contributed by atoms with Gasteiger partial charge in [0.2, 0.25) is 0 Å². The van der Waals surface area contributed by atoms with Gasteiger partial charge in [-0.1, -0.05) is 35.9 Å². The van der Waals surface area contributed by atoms with Crippen LogP contribution in [0.25, 0.3) is 0 Å². The lowest BCUT2D eigenvalue weighted by Crippen LogP contribution is -2.26. The second kappa shape index (κ2) is 4.74. The normalized spacial score (nSPS) is 14.2. The van der Waals surface area contributed by atoms with Gasteiger partial charge in [0.15, 0.2) is 11.6 Å². The summed E-state index contributed by atoms with van der Waals surface area (Å²) in [4.78, 5) is 0. The molecule has 0 aliphatic rings. The van der Waals surface area contributed by atoms with Gasteiger partial charge in [0.1, 0.15) is 5.60 Å². The minimum Gasteiger partial charge on any atom is -0.381 e. The van der Waals surface area contributed by atoms with Crippen molar-refractivity contribution < 1.29 is 13.9 Å². The maximum absolute atomic E-state index is 13.9. The van der Waals surface area contributed by atoms with Crippen molar-refractivity contribution in [2.75, 3.05) is 0 Å². The molecule has 3 heteroatoms. The summed E-state index contributed by atoms with van der Waals surface area (Å²) in [5.74, 6) is -1.96. The maximum Gasteiger partial charge on any atom is 0.165 e. The molecule has 0 saturated heterocycles. The zero-order valence-corrected chi connectivity index (χ0v) is 11.2. The summed E-state index contributed by atoms with van der Waals surface area (Å²) < 4.78 is 27.2. The number of rotatable bonds is 2. The van der Waals surface area contributed by atoms with E-state index in [1.165, 1.54) is 19.1 Å². The number of halogens is 2. The topological polar surface area (TPSA) is 20.2 Å². The SMILES string of the molecule is Cc1ccc(C)c(C(C)(O)c2cccc(F)c2F)c1. The first-order chi connectivity index (χ1) is 8.84. The number of benzene rings is 2. The third kappa shape index (κ3) is 2.38. The summed E-state index contributed by atoms with van der Waals surface area (Å²) in [5, 5.41) is 10.7. The van der Waals surface area contributed by atoms with Gasteiger partial charge in [0, 0.05) is 5.56 Å². The van der Waals surface area contributed by atoms with Crippen LogP contribution in [0.1, 0.15) is 29.2 Å². The minimum absolute atomic E-state index is 0.0544. The third-order valence-corrected chi connectivity index (χ3v) is 3.39. The van der Waals surface area contributed by atoms with Crippen molar-refractivity contribution in [1.82, 2.24) is 0 Å². The zero-order valence-electron chi connectivity index (χ0n) is 11.2. The Morgan fingerprint density at radius 3 is 2.37 bits per heavy atom. The van der Waals surface area contributed by atoms with Crippen LogP contribution in [0, 0.1) is 25.5 Å². The average molecular weight is 262 g/mol. The van der Waals surface area contributed by atoms with Crippen molar-refractivity contribution in [3.63, 3.8) is 0 Å². The first-order valence-electron chi connectivity index (χ1n) is 6.08. The Labute approximate surface area is 111 Å². The summed E-state index contributed by atoms with van der Waals surface area (Å²) >= 11 is 0. The molecule has 19 heavy (non-hydrogen) atoms. The van der Waals surface area contributed by atoms with Crippen LogP contribution in [-0.2, 0) is 5.60 Å². The average Bonchev–Trinajstić information content (AvgIpc) is 2.35. The molecule has 1 unspecified atom stereocenters. The zero-order chi connectivity index (χ0) is 14.2. The van der Waals surface area contributed by atoms with E-state index in [9.17, 15) is 13.9 Å². The van der Waals surface area contributed by atoms with Gasteiger partial charge in [-0.15, -0.1) is 0 Å². The molecule has 2 aromatic carbocycles. The lowest BCUT2D eigenvalue weighted by Gasteiger charge is -2.27. The second-order valence-corrected chi connectivity index (χ2v) is 4.99. The number of hydrogen-bond donors (Lipinski definition) is 1. The van der Waals surface area contributed by atoms with Crippen LogP contribution in [0.5, 0.6) is 0 Å². The van der Waals surface area contributed by atoms with E-state index in [0.717, 1.165) is 17.2 Å². The van der Waals surface area contributed by atoms with Crippen molar-refractivity contribution >= 4 is 0 Å². The Morgan fingerprint density at radius 2 is 1.68 bits per heavy atom. The Morgan fingerprint density at radius 1 is 1.00 bits per heavy atom. The van der Waals surface area contributed by atoms with Crippen molar-refractivity contribution in [2.24, 2.45) is 0 Å². The molecule has 0 bridgehead atoms. The van der Waals surface area contributed by atoms with Crippen LogP contribution < -0.4 is 0 Å². The van der Waals surface area contributed by atoms with Gasteiger partial charge in [-0.25, -0.2) is 8.78 Å². The predicted octanol–water partition coefficient (Wildman–Crippen LogP) is 3.84. The lowest BCUT2D eigenvalue weighted by molar-refractivity contribution is 0.0963. The Balaban J connectivity index is 2.65. The number of aryl methyl sites for hydroxylation is 2. The van der Waals surface area contributed by atoms with E-state index in [-0.39, 0.29) is 5.56 Å². The van der Waals surface area contributed by atoms with E-state index in [0.29, 0.717) is 5.56 Å². The van der Waals surface area contributed by atoms with E-state index in [1.807, 2.05) is 26.0 Å². The smallest absolute Gasteiger partial charge is 0.165 e. The highest BCUT2D eigenvalue weighted by atomic mass is 19.2. The van der Waals surface area contributed by atoms with Crippen molar-refractivity contribution in [2.45, 2.75) is 26.4 Å². The van der Waals surface area contributed by atoms with Crippen LogP contribution >= 0.6 is 0 Å². The summed E-state index contributed by atoms with van der Waals surface area (Å²) in [6.45, 7) is 5.20. The third-order valence-electron chi connectivity index (χ3n) is 3.39. The highest BCUT2D eigenvalue weighted by Gasteiger charge is 2.31. The summed E-state index contributed by atoms with van der Waals surface area (Å²) in [6.07, 6.45) is 0. The molecule has 0 aliphatic carbocycles. The van der Waals surface area contributed by atoms with E-state index < -0.39 is 17.2 Å².